The van der Waals surface area contributed by atoms with E-state index in [0.29, 0.717) is 5.76 Å². The molecule has 0 aliphatic heterocycles. The number of nitrogens with one attached hydrogen (secondary N) is 1. The van der Waals surface area contributed by atoms with Crippen molar-refractivity contribution >= 4 is 22.1 Å². The zero-order valence-corrected chi connectivity index (χ0v) is 13.0. The lowest BCUT2D eigenvalue weighted by molar-refractivity contribution is -0.121. The highest BCUT2D eigenvalue weighted by Gasteiger charge is 2.22. The predicted molar refractivity (Wildman–Crippen MR) is 80.7 cm³/mol. The Labute approximate surface area is 132 Å². The smallest absolute Gasteiger partial charge is 0.255 e. The standard InChI is InChI=1S/C14H14FN3O4S/c1-18(23(20,21)13-6-4-11(15)5-7-13)10-14(19)17-16-9-12-3-2-8-22-12/h2-9H,10H2,1H3,(H,17,19)/b16-9-. The van der Waals surface area contributed by atoms with Crippen LogP contribution in [0, 0.1) is 5.82 Å². The van der Waals surface area contributed by atoms with Crippen LogP contribution in [0.4, 0.5) is 4.39 Å². The summed E-state index contributed by atoms with van der Waals surface area (Å²) in [5.74, 6) is -0.727. The second kappa shape index (κ2) is 7.16. The van der Waals surface area contributed by atoms with Crippen molar-refractivity contribution in [1.29, 1.82) is 0 Å². The molecule has 0 radical (unpaired) electrons. The van der Waals surface area contributed by atoms with E-state index in [1.165, 1.54) is 19.5 Å². The van der Waals surface area contributed by atoms with Gasteiger partial charge < -0.3 is 4.42 Å². The maximum absolute atomic E-state index is 12.8. The molecule has 2 aromatic rings. The summed E-state index contributed by atoms with van der Waals surface area (Å²) >= 11 is 0. The third kappa shape index (κ3) is 4.47. The summed E-state index contributed by atoms with van der Waals surface area (Å²) in [7, 11) is -2.64. The summed E-state index contributed by atoms with van der Waals surface area (Å²) in [5.41, 5.74) is 2.19. The van der Waals surface area contributed by atoms with Crippen molar-refractivity contribution in [3.63, 3.8) is 0 Å². The summed E-state index contributed by atoms with van der Waals surface area (Å²) in [6.07, 6.45) is 2.73. The van der Waals surface area contributed by atoms with Crippen LogP contribution in [-0.4, -0.2) is 38.4 Å². The molecule has 1 heterocycles. The zero-order valence-electron chi connectivity index (χ0n) is 12.1. The molecule has 0 saturated heterocycles. The van der Waals surface area contributed by atoms with Crippen LogP contribution in [0.15, 0.2) is 57.1 Å². The number of rotatable bonds is 6. The van der Waals surface area contributed by atoms with Crippen molar-refractivity contribution in [2.24, 2.45) is 5.10 Å². The molecule has 23 heavy (non-hydrogen) atoms. The lowest BCUT2D eigenvalue weighted by Crippen LogP contribution is -2.36. The molecule has 0 aliphatic rings. The van der Waals surface area contributed by atoms with Gasteiger partial charge in [0.05, 0.1) is 23.9 Å². The number of hydrogen-bond acceptors (Lipinski definition) is 5. The summed E-state index contributed by atoms with van der Waals surface area (Å²) in [6, 6.07) is 7.64. The van der Waals surface area contributed by atoms with Gasteiger partial charge in [0.25, 0.3) is 5.91 Å². The summed E-state index contributed by atoms with van der Waals surface area (Å²) in [4.78, 5) is 11.6. The topological polar surface area (TPSA) is 92.0 Å². The zero-order chi connectivity index (χ0) is 16.9. The molecule has 0 fully saturated rings. The fourth-order valence-corrected chi connectivity index (χ4v) is 2.77. The molecular weight excluding hydrogens is 325 g/mol. The Kier molecular flexibility index (Phi) is 5.24. The molecule has 1 N–H and O–H groups in total. The van der Waals surface area contributed by atoms with Gasteiger partial charge in [0, 0.05) is 7.05 Å². The van der Waals surface area contributed by atoms with Gasteiger partial charge in [-0.05, 0) is 36.4 Å². The van der Waals surface area contributed by atoms with Crippen LogP contribution in [0.25, 0.3) is 0 Å². The molecule has 1 aromatic carbocycles. The molecule has 0 aliphatic carbocycles. The molecule has 1 aromatic heterocycles. The number of sulfonamides is 1. The van der Waals surface area contributed by atoms with Crippen LogP contribution in [0.5, 0.6) is 0 Å². The summed E-state index contributed by atoms with van der Waals surface area (Å²) in [5, 5.41) is 3.64. The highest BCUT2D eigenvalue weighted by atomic mass is 32.2. The first-order valence-corrected chi connectivity index (χ1v) is 7.91. The van der Waals surface area contributed by atoms with Crippen LogP contribution >= 0.6 is 0 Å². The van der Waals surface area contributed by atoms with Crippen LogP contribution in [0.1, 0.15) is 5.76 Å². The Balaban J connectivity index is 1.96. The quantitative estimate of drug-likeness (QED) is 0.632. The predicted octanol–water partition coefficient (Wildman–Crippen LogP) is 1.19. The summed E-state index contributed by atoms with van der Waals surface area (Å²) < 4.78 is 43.1. The minimum absolute atomic E-state index is 0.103. The number of likely N-dealkylation sites (N-methyl/N-ethyl adjacent to an activating group) is 1. The second-order valence-electron chi connectivity index (χ2n) is 4.52. The molecule has 7 nitrogen and oxygen atoms in total. The van der Waals surface area contributed by atoms with Gasteiger partial charge in [0.15, 0.2) is 0 Å². The van der Waals surface area contributed by atoms with Crippen LogP contribution in [-0.2, 0) is 14.8 Å². The van der Waals surface area contributed by atoms with E-state index in [2.05, 4.69) is 10.5 Å². The average Bonchev–Trinajstić information content (AvgIpc) is 3.01. The van der Waals surface area contributed by atoms with Crippen molar-refractivity contribution in [3.8, 4) is 0 Å². The van der Waals surface area contributed by atoms with E-state index < -0.39 is 28.3 Å². The van der Waals surface area contributed by atoms with Gasteiger partial charge in [-0.25, -0.2) is 18.2 Å². The number of halogens is 1. The van der Waals surface area contributed by atoms with Crippen molar-refractivity contribution in [2.75, 3.05) is 13.6 Å². The maximum atomic E-state index is 12.8. The van der Waals surface area contributed by atoms with Crippen molar-refractivity contribution in [2.45, 2.75) is 4.90 Å². The van der Waals surface area contributed by atoms with E-state index in [-0.39, 0.29) is 4.90 Å². The first-order valence-electron chi connectivity index (χ1n) is 6.47. The van der Waals surface area contributed by atoms with Crippen molar-refractivity contribution in [1.82, 2.24) is 9.73 Å². The van der Waals surface area contributed by atoms with Crippen molar-refractivity contribution in [3.05, 3.63) is 54.2 Å². The Bertz CT molecular complexity index is 786. The first-order chi connectivity index (χ1) is 10.9. The molecule has 0 atom stereocenters. The number of carbonyl (C=O) groups is 1. The van der Waals surface area contributed by atoms with Gasteiger partial charge in [-0.2, -0.15) is 9.41 Å². The molecule has 122 valence electrons. The number of amides is 1. The van der Waals surface area contributed by atoms with Gasteiger partial charge in [-0.1, -0.05) is 0 Å². The van der Waals surface area contributed by atoms with Crippen LogP contribution < -0.4 is 5.43 Å². The van der Waals surface area contributed by atoms with Crippen molar-refractivity contribution < 1.29 is 22.0 Å². The van der Waals surface area contributed by atoms with E-state index in [0.717, 1.165) is 28.6 Å². The molecule has 0 unspecified atom stereocenters. The van der Waals surface area contributed by atoms with Gasteiger partial charge in [-0.15, -0.1) is 0 Å². The van der Waals surface area contributed by atoms with Crippen LogP contribution in [0.2, 0.25) is 0 Å². The molecule has 0 spiro atoms. The van der Waals surface area contributed by atoms with E-state index in [9.17, 15) is 17.6 Å². The van der Waals surface area contributed by atoms with E-state index in [1.807, 2.05) is 0 Å². The molecule has 1 amide bonds. The normalized spacial score (nSPS) is 12.0. The largest absolute Gasteiger partial charge is 0.463 e. The number of carbonyl (C=O) groups excluding carboxylic acids is 1. The maximum Gasteiger partial charge on any atom is 0.255 e. The number of hydrazone groups is 1. The molecular formula is C14H14FN3O4S. The highest BCUT2D eigenvalue weighted by Crippen LogP contribution is 2.14. The van der Waals surface area contributed by atoms with Gasteiger partial charge in [0.1, 0.15) is 11.6 Å². The van der Waals surface area contributed by atoms with E-state index in [4.69, 9.17) is 4.42 Å². The van der Waals surface area contributed by atoms with Crippen LogP contribution in [0.3, 0.4) is 0 Å². The number of furan rings is 1. The molecule has 0 bridgehead atoms. The average molecular weight is 339 g/mol. The first kappa shape index (κ1) is 16.8. The summed E-state index contributed by atoms with van der Waals surface area (Å²) in [6.45, 7) is -0.435. The minimum Gasteiger partial charge on any atom is -0.463 e. The van der Waals surface area contributed by atoms with E-state index in [1.54, 1.807) is 12.1 Å². The third-order valence-corrected chi connectivity index (χ3v) is 4.63. The third-order valence-electron chi connectivity index (χ3n) is 2.81. The second-order valence-corrected chi connectivity index (χ2v) is 6.57. The molecule has 2 rings (SSSR count). The minimum atomic E-state index is -3.88. The number of nitrogens with zero attached hydrogens (tertiary/aromatic N) is 2. The molecule has 0 saturated carbocycles. The Morgan fingerprint density at radius 3 is 2.65 bits per heavy atom. The Morgan fingerprint density at radius 1 is 1.35 bits per heavy atom. The fraction of sp³-hybridized carbons (Fsp3) is 0.143. The number of hydrogen-bond donors (Lipinski definition) is 1. The van der Waals surface area contributed by atoms with E-state index >= 15 is 0 Å². The highest BCUT2D eigenvalue weighted by molar-refractivity contribution is 7.89. The van der Waals surface area contributed by atoms with Gasteiger partial charge in [-0.3, -0.25) is 4.79 Å². The Morgan fingerprint density at radius 2 is 2.04 bits per heavy atom. The van der Waals surface area contributed by atoms with Gasteiger partial charge in [0.2, 0.25) is 10.0 Å². The lowest BCUT2D eigenvalue weighted by atomic mass is 10.4. The lowest BCUT2D eigenvalue weighted by Gasteiger charge is -2.15. The Hall–Kier alpha value is -2.52. The SMILES string of the molecule is CN(CC(=O)N/N=C\c1ccco1)S(=O)(=O)c1ccc(F)cc1. The monoisotopic (exact) mass is 339 g/mol. The van der Waals surface area contributed by atoms with Gasteiger partial charge >= 0.3 is 0 Å². The fourth-order valence-electron chi connectivity index (χ4n) is 1.64. The molecule has 9 heteroatoms. The number of benzene rings is 1.